The molecule has 0 N–H and O–H groups in total. The van der Waals surface area contributed by atoms with Crippen molar-refractivity contribution >= 4 is 11.8 Å². The third kappa shape index (κ3) is 4.66. The molecule has 0 radical (unpaired) electrons. The van der Waals surface area contributed by atoms with Crippen LogP contribution in [0.2, 0.25) is 0 Å². The lowest BCUT2D eigenvalue weighted by molar-refractivity contribution is 0.360. The van der Waals surface area contributed by atoms with Crippen LogP contribution in [0, 0.1) is 5.92 Å². The Bertz CT molecular complexity index is 739. The monoisotopic (exact) mass is 330 g/mol. The molecule has 0 bridgehead atoms. The summed E-state index contributed by atoms with van der Waals surface area (Å²) in [5, 5.41) is 12.6. The molecule has 1 aromatic carbocycles. The van der Waals surface area contributed by atoms with Crippen LogP contribution in [0.5, 0.6) is 0 Å². The number of benzene rings is 1. The van der Waals surface area contributed by atoms with Gasteiger partial charge in [-0.25, -0.2) is 0 Å². The molecule has 6 nitrogen and oxygen atoms in total. The van der Waals surface area contributed by atoms with Crippen LogP contribution in [0.15, 0.2) is 44.5 Å². The van der Waals surface area contributed by atoms with E-state index in [0.717, 1.165) is 12.0 Å². The molecule has 23 heavy (non-hydrogen) atoms. The second-order valence-corrected chi connectivity index (χ2v) is 6.54. The molecule has 0 aliphatic carbocycles. The molecule has 7 heteroatoms. The van der Waals surface area contributed by atoms with E-state index in [1.165, 1.54) is 11.8 Å². The number of rotatable bonds is 7. The van der Waals surface area contributed by atoms with Gasteiger partial charge in [-0.15, -0.1) is 10.2 Å². The first-order chi connectivity index (χ1) is 11.2. The molecular weight excluding hydrogens is 312 g/mol. The minimum atomic E-state index is 0.493. The Morgan fingerprint density at radius 2 is 1.91 bits per heavy atom. The van der Waals surface area contributed by atoms with E-state index in [-0.39, 0.29) is 0 Å². The van der Waals surface area contributed by atoms with Gasteiger partial charge in [-0.1, -0.05) is 61.1 Å². The van der Waals surface area contributed by atoms with Crippen molar-refractivity contribution < 1.29 is 8.94 Å². The first-order valence-corrected chi connectivity index (χ1v) is 8.48. The smallest absolute Gasteiger partial charge is 0.277 e. The van der Waals surface area contributed by atoms with Crippen LogP contribution in [0.25, 0.3) is 0 Å². The fourth-order valence-electron chi connectivity index (χ4n) is 2.05. The van der Waals surface area contributed by atoms with Crippen molar-refractivity contribution in [3.05, 3.63) is 53.5 Å². The summed E-state index contributed by atoms with van der Waals surface area (Å²) in [5.74, 6) is 2.97. The van der Waals surface area contributed by atoms with Crippen molar-refractivity contribution in [1.82, 2.24) is 20.3 Å². The van der Waals surface area contributed by atoms with Gasteiger partial charge >= 0.3 is 0 Å². The largest absolute Gasteiger partial charge is 0.416 e. The van der Waals surface area contributed by atoms with Crippen LogP contribution in [0.4, 0.5) is 0 Å². The second kappa shape index (κ2) is 7.41. The summed E-state index contributed by atoms with van der Waals surface area (Å²) in [4.78, 5) is 4.35. The predicted molar refractivity (Wildman–Crippen MR) is 85.9 cm³/mol. The summed E-state index contributed by atoms with van der Waals surface area (Å²) in [6.07, 6.45) is 1.43. The van der Waals surface area contributed by atoms with Crippen LogP contribution in [0.1, 0.15) is 37.0 Å². The normalized spacial score (nSPS) is 11.3. The molecule has 120 valence electrons. The molecule has 0 atom stereocenters. The van der Waals surface area contributed by atoms with E-state index in [1.807, 2.05) is 30.3 Å². The molecule has 0 saturated heterocycles. The maximum absolute atomic E-state index is 5.64. The number of nitrogens with zero attached hydrogens (tertiary/aromatic N) is 4. The lowest BCUT2D eigenvalue weighted by Gasteiger charge is -1.96. The molecule has 0 spiro atoms. The SMILES string of the molecule is CC(C)Cc1nc(CSc2nnc(Cc3ccccc3)o2)no1. The van der Waals surface area contributed by atoms with Crippen molar-refractivity contribution in [1.29, 1.82) is 0 Å². The molecule has 3 aromatic rings. The number of aromatic nitrogens is 4. The third-order valence-corrected chi connectivity index (χ3v) is 3.88. The van der Waals surface area contributed by atoms with Gasteiger partial charge < -0.3 is 8.94 Å². The highest BCUT2D eigenvalue weighted by Crippen LogP contribution is 2.21. The highest BCUT2D eigenvalue weighted by atomic mass is 32.2. The van der Waals surface area contributed by atoms with Gasteiger partial charge in [0.05, 0.1) is 12.2 Å². The van der Waals surface area contributed by atoms with Crippen LogP contribution < -0.4 is 0 Å². The van der Waals surface area contributed by atoms with Gasteiger partial charge in [0.2, 0.25) is 11.8 Å². The van der Waals surface area contributed by atoms with E-state index >= 15 is 0 Å². The summed E-state index contributed by atoms with van der Waals surface area (Å²) < 4.78 is 10.8. The van der Waals surface area contributed by atoms with Gasteiger partial charge in [-0.3, -0.25) is 0 Å². The summed E-state index contributed by atoms with van der Waals surface area (Å²) >= 11 is 1.41. The standard InChI is InChI=1S/C16H18N4O2S/c1-11(2)8-14-17-13(20-22-14)10-23-16-19-18-15(21-16)9-12-6-4-3-5-7-12/h3-7,11H,8-10H2,1-2H3. The zero-order chi connectivity index (χ0) is 16.1. The van der Waals surface area contributed by atoms with Crippen molar-refractivity contribution in [2.24, 2.45) is 5.92 Å². The summed E-state index contributed by atoms with van der Waals surface area (Å²) in [6, 6.07) is 10.0. The van der Waals surface area contributed by atoms with Crippen molar-refractivity contribution in [3.8, 4) is 0 Å². The van der Waals surface area contributed by atoms with Gasteiger partial charge in [0.15, 0.2) is 5.82 Å². The van der Waals surface area contributed by atoms with Crippen LogP contribution in [-0.4, -0.2) is 20.3 Å². The maximum Gasteiger partial charge on any atom is 0.277 e. The Hall–Kier alpha value is -2.15. The first kappa shape index (κ1) is 15.7. The molecule has 2 heterocycles. The predicted octanol–water partition coefficient (Wildman–Crippen LogP) is 3.53. The van der Waals surface area contributed by atoms with Gasteiger partial charge in [-0.2, -0.15) is 4.98 Å². The minimum absolute atomic E-state index is 0.493. The van der Waals surface area contributed by atoms with E-state index in [0.29, 0.717) is 40.9 Å². The molecule has 3 rings (SSSR count). The quantitative estimate of drug-likeness (QED) is 0.613. The molecule has 0 saturated carbocycles. The van der Waals surface area contributed by atoms with Gasteiger partial charge in [0.1, 0.15) is 0 Å². The topological polar surface area (TPSA) is 77.8 Å². The lowest BCUT2D eigenvalue weighted by atomic mass is 10.1. The molecule has 0 fully saturated rings. The number of thioether (sulfide) groups is 1. The van der Waals surface area contributed by atoms with E-state index in [4.69, 9.17) is 8.94 Å². The summed E-state index contributed by atoms with van der Waals surface area (Å²) in [5.41, 5.74) is 1.14. The van der Waals surface area contributed by atoms with Crippen LogP contribution in [-0.2, 0) is 18.6 Å². The number of hydrogen-bond donors (Lipinski definition) is 0. The summed E-state index contributed by atoms with van der Waals surface area (Å²) in [7, 11) is 0. The molecule has 2 aromatic heterocycles. The van der Waals surface area contributed by atoms with E-state index in [2.05, 4.69) is 34.2 Å². The maximum atomic E-state index is 5.64. The Morgan fingerprint density at radius 3 is 2.70 bits per heavy atom. The molecule has 0 aliphatic heterocycles. The fourth-order valence-corrected chi connectivity index (χ4v) is 2.67. The molecule has 0 aliphatic rings. The van der Waals surface area contributed by atoms with E-state index in [9.17, 15) is 0 Å². The Labute approximate surface area is 138 Å². The van der Waals surface area contributed by atoms with E-state index in [1.54, 1.807) is 0 Å². The van der Waals surface area contributed by atoms with Crippen LogP contribution in [0.3, 0.4) is 0 Å². The highest BCUT2D eigenvalue weighted by molar-refractivity contribution is 7.98. The molecule has 0 amide bonds. The first-order valence-electron chi connectivity index (χ1n) is 7.49. The summed E-state index contributed by atoms with van der Waals surface area (Å²) in [6.45, 7) is 4.23. The Balaban J connectivity index is 1.54. The van der Waals surface area contributed by atoms with Gasteiger partial charge in [0, 0.05) is 6.42 Å². The van der Waals surface area contributed by atoms with Gasteiger partial charge in [-0.05, 0) is 11.5 Å². The zero-order valence-electron chi connectivity index (χ0n) is 13.1. The average Bonchev–Trinajstić information content (AvgIpc) is 3.15. The molecule has 0 unspecified atom stereocenters. The fraction of sp³-hybridized carbons (Fsp3) is 0.375. The lowest BCUT2D eigenvalue weighted by Crippen LogP contribution is -1.94. The third-order valence-electron chi connectivity index (χ3n) is 3.06. The van der Waals surface area contributed by atoms with Gasteiger partial charge in [0.25, 0.3) is 5.22 Å². The van der Waals surface area contributed by atoms with Crippen molar-refractivity contribution in [2.45, 2.75) is 37.7 Å². The number of hydrogen-bond acceptors (Lipinski definition) is 7. The van der Waals surface area contributed by atoms with Crippen LogP contribution >= 0.6 is 11.8 Å². The highest BCUT2D eigenvalue weighted by Gasteiger charge is 2.12. The van der Waals surface area contributed by atoms with E-state index < -0.39 is 0 Å². The van der Waals surface area contributed by atoms with Crippen molar-refractivity contribution in [2.75, 3.05) is 0 Å². The zero-order valence-corrected chi connectivity index (χ0v) is 13.9. The van der Waals surface area contributed by atoms with Crippen molar-refractivity contribution in [3.63, 3.8) is 0 Å². The second-order valence-electron chi connectivity index (χ2n) is 5.62. The molecular formula is C16H18N4O2S. The minimum Gasteiger partial charge on any atom is -0.416 e. The Kier molecular flexibility index (Phi) is 5.07. The Morgan fingerprint density at radius 1 is 1.09 bits per heavy atom. The average molecular weight is 330 g/mol.